The molecule has 1 aromatic rings. The minimum absolute atomic E-state index is 0.0646. The maximum absolute atomic E-state index is 12.5. The molecule has 2 N–H and O–H groups in total. The van der Waals surface area contributed by atoms with E-state index in [1.54, 1.807) is 0 Å². The first-order chi connectivity index (χ1) is 9.65. The molecule has 0 saturated carbocycles. The second-order valence-electron chi connectivity index (χ2n) is 5.00. The standard InChI is InChI=1S/C14H15N3O3/c18-11-7-17(8-12(19)16-11)14(20)13-10-4-2-1-3-9(10)5-6-15-13/h1-4,13,15H,5-8H2,(H,16,18,19). The van der Waals surface area contributed by atoms with Crippen LogP contribution < -0.4 is 10.6 Å². The van der Waals surface area contributed by atoms with Crippen LogP contribution in [0.4, 0.5) is 0 Å². The highest BCUT2D eigenvalue weighted by atomic mass is 16.2. The van der Waals surface area contributed by atoms with E-state index in [0.29, 0.717) is 6.54 Å². The number of hydrogen-bond donors (Lipinski definition) is 2. The minimum atomic E-state index is -0.473. The fourth-order valence-corrected chi connectivity index (χ4v) is 2.70. The van der Waals surface area contributed by atoms with Crippen molar-refractivity contribution in [1.29, 1.82) is 0 Å². The minimum Gasteiger partial charge on any atom is -0.322 e. The van der Waals surface area contributed by atoms with Gasteiger partial charge in [0.05, 0.1) is 0 Å². The van der Waals surface area contributed by atoms with Crippen molar-refractivity contribution in [3.63, 3.8) is 0 Å². The van der Waals surface area contributed by atoms with Crippen LogP contribution in [0, 0.1) is 0 Å². The molecule has 1 saturated heterocycles. The molecule has 104 valence electrons. The van der Waals surface area contributed by atoms with Gasteiger partial charge in [0.2, 0.25) is 17.7 Å². The first kappa shape index (κ1) is 12.8. The van der Waals surface area contributed by atoms with Crippen LogP contribution in [0.5, 0.6) is 0 Å². The third-order valence-electron chi connectivity index (χ3n) is 3.62. The Balaban J connectivity index is 1.85. The molecule has 1 aromatic carbocycles. The van der Waals surface area contributed by atoms with E-state index in [1.807, 2.05) is 24.3 Å². The molecular weight excluding hydrogens is 258 g/mol. The zero-order chi connectivity index (χ0) is 14.1. The normalized spacial score (nSPS) is 22.2. The fraction of sp³-hybridized carbons (Fsp3) is 0.357. The van der Waals surface area contributed by atoms with Gasteiger partial charge in [0.15, 0.2) is 0 Å². The van der Waals surface area contributed by atoms with E-state index in [4.69, 9.17) is 0 Å². The molecule has 6 nitrogen and oxygen atoms in total. The summed E-state index contributed by atoms with van der Waals surface area (Å²) in [6.45, 7) is 0.581. The lowest BCUT2D eigenvalue weighted by atomic mass is 9.93. The van der Waals surface area contributed by atoms with Gasteiger partial charge in [-0.1, -0.05) is 24.3 Å². The largest absolute Gasteiger partial charge is 0.322 e. The van der Waals surface area contributed by atoms with Gasteiger partial charge in [-0.2, -0.15) is 0 Å². The molecule has 1 fully saturated rings. The van der Waals surface area contributed by atoms with Crippen molar-refractivity contribution in [3.05, 3.63) is 35.4 Å². The van der Waals surface area contributed by atoms with Crippen molar-refractivity contribution in [2.45, 2.75) is 12.5 Å². The Morgan fingerprint density at radius 2 is 1.85 bits per heavy atom. The van der Waals surface area contributed by atoms with Crippen LogP contribution in [0.2, 0.25) is 0 Å². The molecule has 0 radical (unpaired) electrons. The summed E-state index contributed by atoms with van der Waals surface area (Å²) in [4.78, 5) is 36.6. The second-order valence-corrected chi connectivity index (χ2v) is 5.00. The van der Waals surface area contributed by atoms with Crippen LogP contribution in [0.25, 0.3) is 0 Å². The van der Waals surface area contributed by atoms with Crippen molar-refractivity contribution in [2.24, 2.45) is 0 Å². The molecule has 3 amide bonds. The van der Waals surface area contributed by atoms with Crippen molar-refractivity contribution >= 4 is 17.7 Å². The SMILES string of the molecule is O=C1CN(C(=O)C2NCCc3ccccc32)CC(=O)N1. The van der Waals surface area contributed by atoms with Crippen LogP contribution in [0.3, 0.4) is 0 Å². The highest BCUT2D eigenvalue weighted by Crippen LogP contribution is 2.24. The quantitative estimate of drug-likeness (QED) is 0.667. The molecule has 0 aliphatic carbocycles. The van der Waals surface area contributed by atoms with Crippen LogP contribution in [-0.2, 0) is 20.8 Å². The average Bonchev–Trinajstić information content (AvgIpc) is 2.45. The van der Waals surface area contributed by atoms with Crippen molar-refractivity contribution in [3.8, 4) is 0 Å². The van der Waals surface area contributed by atoms with E-state index in [0.717, 1.165) is 17.5 Å². The van der Waals surface area contributed by atoms with Gasteiger partial charge in [0, 0.05) is 6.54 Å². The predicted octanol–water partition coefficient (Wildman–Crippen LogP) is -0.642. The van der Waals surface area contributed by atoms with Crippen LogP contribution in [0.15, 0.2) is 24.3 Å². The lowest BCUT2D eigenvalue weighted by Crippen LogP contribution is -2.56. The summed E-state index contributed by atoms with van der Waals surface area (Å²) >= 11 is 0. The van der Waals surface area contributed by atoms with Gasteiger partial charge in [0.25, 0.3) is 0 Å². The average molecular weight is 273 g/mol. The first-order valence-corrected chi connectivity index (χ1v) is 6.58. The summed E-state index contributed by atoms with van der Waals surface area (Å²) in [6.07, 6.45) is 0.874. The highest BCUT2D eigenvalue weighted by molar-refractivity contribution is 6.03. The molecule has 0 aromatic heterocycles. The van der Waals surface area contributed by atoms with Gasteiger partial charge in [-0.25, -0.2) is 0 Å². The summed E-state index contributed by atoms with van der Waals surface area (Å²) in [6, 6.07) is 7.28. The maximum Gasteiger partial charge on any atom is 0.246 e. The zero-order valence-corrected chi connectivity index (χ0v) is 10.9. The maximum atomic E-state index is 12.5. The summed E-state index contributed by atoms with van der Waals surface area (Å²) in [7, 11) is 0. The third-order valence-corrected chi connectivity index (χ3v) is 3.62. The first-order valence-electron chi connectivity index (χ1n) is 6.58. The van der Waals surface area contributed by atoms with Crippen molar-refractivity contribution < 1.29 is 14.4 Å². The summed E-state index contributed by atoms with van der Waals surface area (Å²) in [5.41, 5.74) is 2.07. The van der Waals surface area contributed by atoms with Crippen LogP contribution in [-0.4, -0.2) is 42.3 Å². The third kappa shape index (κ3) is 2.30. The van der Waals surface area contributed by atoms with Gasteiger partial charge < -0.3 is 10.2 Å². The van der Waals surface area contributed by atoms with Crippen molar-refractivity contribution in [2.75, 3.05) is 19.6 Å². The van der Waals surface area contributed by atoms with Gasteiger partial charge in [0.1, 0.15) is 19.1 Å². The molecule has 2 heterocycles. The Hall–Kier alpha value is -2.21. The molecular formula is C14H15N3O3. The van der Waals surface area contributed by atoms with E-state index in [9.17, 15) is 14.4 Å². The number of piperazine rings is 1. The molecule has 1 unspecified atom stereocenters. The Morgan fingerprint density at radius 3 is 2.60 bits per heavy atom. The molecule has 2 aliphatic heterocycles. The monoisotopic (exact) mass is 273 g/mol. The molecule has 2 aliphatic rings. The van der Waals surface area contributed by atoms with E-state index < -0.39 is 17.9 Å². The smallest absolute Gasteiger partial charge is 0.246 e. The number of nitrogens with one attached hydrogen (secondary N) is 2. The zero-order valence-electron chi connectivity index (χ0n) is 10.9. The predicted molar refractivity (Wildman–Crippen MR) is 70.6 cm³/mol. The van der Waals surface area contributed by atoms with Crippen molar-refractivity contribution in [1.82, 2.24) is 15.5 Å². The van der Waals surface area contributed by atoms with Crippen LogP contribution >= 0.6 is 0 Å². The number of hydrogen-bond acceptors (Lipinski definition) is 4. The van der Waals surface area contributed by atoms with E-state index in [1.165, 1.54) is 4.90 Å². The van der Waals surface area contributed by atoms with Gasteiger partial charge in [-0.3, -0.25) is 19.7 Å². The van der Waals surface area contributed by atoms with E-state index in [2.05, 4.69) is 10.6 Å². The molecule has 0 spiro atoms. The number of carbonyl (C=O) groups is 3. The highest BCUT2D eigenvalue weighted by Gasteiger charge is 2.33. The lowest BCUT2D eigenvalue weighted by Gasteiger charge is -2.32. The van der Waals surface area contributed by atoms with Crippen LogP contribution in [0.1, 0.15) is 17.2 Å². The number of fused-ring (bicyclic) bond motifs is 1. The summed E-state index contributed by atoms with van der Waals surface area (Å²) < 4.78 is 0. The number of benzene rings is 1. The molecule has 0 bridgehead atoms. The number of carbonyl (C=O) groups excluding carboxylic acids is 3. The lowest BCUT2D eigenvalue weighted by molar-refractivity contribution is -0.146. The Morgan fingerprint density at radius 1 is 1.15 bits per heavy atom. The van der Waals surface area contributed by atoms with Gasteiger partial charge in [-0.05, 0) is 17.5 Å². The molecule has 3 rings (SSSR count). The molecule has 1 atom stereocenters. The number of rotatable bonds is 1. The Bertz CT molecular complexity index is 569. The Kier molecular flexibility index (Phi) is 3.23. The molecule has 6 heteroatoms. The second kappa shape index (κ2) is 5.05. The molecule has 20 heavy (non-hydrogen) atoms. The number of nitrogens with zero attached hydrogens (tertiary/aromatic N) is 1. The summed E-state index contributed by atoms with van der Waals surface area (Å²) in [5.74, 6) is -1.09. The number of amides is 3. The van der Waals surface area contributed by atoms with E-state index in [-0.39, 0.29) is 19.0 Å². The topological polar surface area (TPSA) is 78.5 Å². The Labute approximate surface area is 116 Å². The van der Waals surface area contributed by atoms with Gasteiger partial charge in [-0.15, -0.1) is 0 Å². The fourth-order valence-electron chi connectivity index (χ4n) is 2.70. The van der Waals surface area contributed by atoms with E-state index >= 15 is 0 Å². The van der Waals surface area contributed by atoms with Gasteiger partial charge >= 0.3 is 0 Å². The number of imide groups is 1. The summed E-state index contributed by atoms with van der Waals surface area (Å²) in [5, 5.41) is 5.36.